The van der Waals surface area contributed by atoms with Gasteiger partial charge in [-0.1, -0.05) is 13.3 Å². The minimum absolute atomic E-state index is 0.272. The summed E-state index contributed by atoms with van der Waals surface area (Å²) in [5, 5.41) is 4.43. The maximum Gasteiger partial charge on any atom is 0.125 e. The molecule has 5 heteroatoms. The number of hydrogen-bond acceptors (Lipinski definition) is 2. The predicted molar refractivity (Wildman–Crippen MR) is 74.7 cm³/mol. The molecule has 0 fully saturated rings. The van der Waals surface area contributed by atoms with E-state index in [1.54, 1.807) is 10.7 Å². The second kappa shape index (κ2) is 5.10. The molecule has 0 saturated heterocycles. The Kier molecular flexibility index (Phi) is 3.71. The molecule has 1 aromatic carbocycles. The smallest absolute Gasteiger partial charge is 0.125 e. The molecule has 2 N–H and O–H groups in total. The first-order valence-corrected chi connectivity index (χ1v) is 6.60. The number of rotatable bonds is 3. The average molecular weight is 312 g/mol. The molecular formula is C13H15BrFN3. The van der Waals surface area contributed by atoms with Crippen LogP contribution in [0.5, 0.6) is 0 Å². The van der Waals surface area contributed by atoms with Gasteiger partial charge >= 0.3 is 0 Å². The van der Waals surface area contributed by atoms with Crippen LogP contribution >= 0.6 is 15.9 Å². The molecule has 0 saturated carbocycles. The fraction of sp³-hybridized carbons (Fsp3) is 0.308. The monoisotopic (exact) mass is 311 g/mol. The Hall–Kier alpha value is -1.36. The lowest BCUT2D eigenvalue weighted by molar-refractivity contribution is 0.627. The highest BCUT2D eigenvalue weighted by atomic mass is 79.9. The molecule has 0 aliphatic heterocycles. The lowest BCUT2D eigenvalue weighted by Crippen LogP contribution is -1.99. The van der Waals surface area contributed by atoms with Gasteiger partial charge in [-0.3, -0.25) is 4.68 Å². The number of nitrogens with two attached hydrogens (primary N) is 1. The van der Waals surface area contributed by atoms with Gasteiger partial charge in [0.2, 0.25) is 0 Å². The van der Waals surface area contributed by atoms with Gasteiger partial charge in [0, 0.05) is 22.6 Å². The van der Waals surface area contributed by atoms with Crippen LogP contribution in [0.25, 0.3) is 11.3 Å². The zero-order valence-corrected chi connectivity index (χ0v) is 12.0. The quantitative estimate of drug-likeness (QED) is 0.942. The van der Waals surface area contributed by atoms with E-state index in [2.05, 4.69) is 28.0 Å². The molecule has 0 unspecified atom stereocenters. The molecule has 0 aliphatic carbocycles. The molecule has 3 nitrogen and oxygen atoms in total. The van der Waals surface area contributed by atoms with Gasteiger partial charge in [0.1, 0.15) is 11.6 Å². The van der Waals surface area contributed by atoms with E-state index in [-0.39, 0.29) is 5.82 Å². The molecule has 0 aliphatic rings. The van der Waals surface area contributed by atoms with Crippen molar-refractivity contribution in [3.05, 3.63) is 34.1 Å². The maximum absolute atomic E-state index is 13.1. The lowest BCUT2D eigenvalue weighted by atomic mass is 10.0. The number of hydrogen-bond donors (Lipinski definition) is 1. The number of anilines is 1. The minimum atomic E-state index is -0.272. The SMILES string of the molecule is CCCc1c(-c2ccc(F)cc2Br)nn(C)c1N. The van der Waals surface area contributed by atoms with Crippen molar-refractivity contribution in [3.8, 4) is 11.3 Å². The summed E-state index contributed by atoms with van der Waals surface area (Å²) in [7, 11) is 1.81. The van der Waals surface area contributed by atoms with Crippen molar-refractivity contribution in [3.63, 3.8) is 0 Å². The summed E-state index contributed by atoms with van der Waals surface area (Å²) in [4.78, 5) is 0. The molecule has 96 valence electrons. The van der Waals surface area contributed by atoms with E-state index in [4.69, 9.17) is 5.73 Å². The Balaban J connectivity index is 2.59. The van der Waals surface area contributed by atoms with Crippen LogP contribution in [0.2, 0.25) is 0 Å². The van der Waals surface area contributed by atoms with E-state index in [1.807, 2.05) is 7.05 Å². The summed E-state index contributed by atoms with van der Waals surface area (Å²) in [5.74, 6) is 0.398. The van der Waals surface area contributed by atoms with Gasteiger partial charge in [0.15, 0.2) is 0 Å². The third-order valence-electron chi connectivity index (χ3n) is 2.88. The van der Waals surface area contributed by atoms with Crippen LogP contribution in [0.4, 0.5) is 10.2 Å². The Labute approximate surface area is 114 Å². The number of nitrogen functional groups attached to an aromatic ring is 1. The topological polar surface area (TPSA) is 43.8 Å². The third-order valence-corrected chi connectivity index (χ3v) is 3.54. The third kappa shape index (κ3) is 2.27. The Morgan fingerprint density at radius 2 is 2.17 bits per heavy atom. The van der Waals surface area contributed by atoms with E-state index in [1.165, 1.54) is 12.1 Å². The van der Waals surface area contributed by atoms with E-state index in [9.17, 15) is 4.39 Å². The van der Waals surface area contributed by atoms with Crippen molar-refractivity contribution in [1.82, 2.24) is 9.78 Å². The average Bonchev–Trinajstić information content (AvgIpc) is 2.58. The second-order valence-corrected chi connectivity index (χ2v) is 5.06. The lowest BCUT2D eigenvalue weighted by Gasteiger charge is -2.04. The molecule has 0 bridgehead atoms. The van der Waals surface area contributed by atoms with Crippen LogP contribution in [0.3, 0.4) is 0 Å². The van der Waals surface area contributed by atoms with E-state index >= 15 is 0 Å². The molecule has 0 spiro atoms. The van der Waals surface area contributed by atoms with Crippen LogP contribution in [-0.2, 0) is 13.5 Å². The highest BCUT2D eigenvalue weighted by molar-refractivity contribution is 9.10. The van der Waals surface area contributed by atoms with Crippen molar-refractivity contribution in [2.75, 3.05) is 5.73 Å². The van der Waals surface area contributed by atoms with Crippen LogP contribution < -0.4 is 5.73 Å². The first-order valence-electron chi connectivity index (χ1n) is 5.81. The zero-order chi connectivity index (χ0) is 13.3. The molecule has 2 aromatic rings. The molecule has 0 amide bonds. The number of aromatic nitrogens is 2. The van der Waals surface area contributed by atoms with Gasteiger partial charge in [-0.25, -0.2) is 4.39 Å². The summed E-state index contributed by atoms with van der Waals surface area (Å²) in [5.41, 5.74) is 8.73. The Bertz CT molecular complexity index is 578. The fourth-order valence-electron chi connectivity index (χ4n) is 1.98. The van der Waals surface area contributed by atoms with Crippen molar-refractivity contribution in [2.24, 2.45) is 7.05 Å². The Morgan fingerprint density at radius 3 is 2.78 bits per heavy atom. The fourth-order valence-corrected chi connectivity index (χ4v) is 2.51. The highest BCUT2D eigenvalue weighted by Crippen LogP contribution is 2.33. The first-order chi connectivity index (χ1) is 8.54. The van der Waals surface area contributed by atoms with Gasteiger partial charge in [-0.05, 0) is 40.5 Å². The number of halogens is 2. The van der Waals surface area contributed by atoms with Crippen LogP contribution in [0, 0.1) is 5.82 Å². The van der Waals surface area contributed by atoms with Crippen molar-refractivity contribution in [2.45, 2.75) is 19.8 Å². The van der Waals surface area contributed by atoms with E-state index in [0.29, 0.717) is 10.3 Å². The normalized spacial score (nSPS) is 10.9. The molecular weight excluding hydrogens is 297 g/mol. The highest BCUT2D eigenvalue weighted by Gasteiger charge is 2.16. The molecule has 1 heterocycles. The van der Waals surface area contributed by atoms with Crippen molar-refractivity contribution in [1.29, 1.82) is 0 Å². The van der Waals surface area contributed by atoms with Gasteiger partial charge < -0.3 is 5.73 Å². The number of nitrogens with zero attached hydrogens (tertiary/aromatic N) is 2. The molecule has 2 rings (SSSR count). The summed E-state index contributed by atoms with van der Waals surface area (Å²) in [6.07, 6.45) is 1.85. The predicted octanol–water partition coefficient (Wildman–Crippen LogP) is 3.52. The van der Waals surface area contributed by atoms with E-state index < -0.39 is 0 Å². The summed E-state index contributed by atoms with van der Waals surface area (Å²) >= 11 is 3.37. The minimum Gasteiger partial charge on any atom is -0.384 e. The molecule has 0 radical (unpaired) electrons. The summed E-state index contributed by atoms with van der Waals surface area (Å²) in [6.45, 7) is 2.09. The van der Waals surface area contributed by atoms with Crippen LogP contribution in [0.15, 0.2) is 22.7 Å². The van der Waals surface area contributed by atoms with Gasteiger partial charge in [-0.2, -0.15) is 5.10 Å². The van der Waals surface area contributed by atoms with Crippen LogP contribution in [-0.4, -0.2) is 9.78 Å². The summed E-state index contributed by atoms with van der Waals surface area (Å²) < 4.78 is 15.5. The van der Waals surface area contributed by atoms with E-state index in [0.717, 1.165) is 29.7 Å². The van der Waals surface area contributed by atoms with Crippen molar-refractivity contribution >= 4 is 21.7 Å². The zero-order valence-electron chi connectivity index (χ0n) is 10.4. The van der Waals surface area contributed by atoms with Crippen LogP contribution in [0.1, 0.15) is 18.9 Å². The molecule has 18 heavy (non-hydrogen) atoms. The first kappa shape index (κ1) is 13.1. The maximum atomic E-state index is 13.1. The largest absolute Gasteiger partial charge is 0.384 e. The second-order valence-electron chi connectivity index (χ2n) is 4.21. The van der Waals surface area contributed by atoms with Crippen molar-refractivity contribution < 1.29 is 4.39 Å². The Morgan fingerprint density at radius 1 is 1.44 bits per heavy atom. The van der Waals surface area contributed by atoms with Gasteiger partial charge in [-0.15, -0.1) is 0 Å². The number of benzene rings is 1. The molecule has 0 atom stereocenters. The standard InChI is InChI=1S/C13H15BrFN3/c1-3-4-10-12(17-18(2)13(10)16)9-6-5-8(15)7-11(9)14/h5-7H,3-4,16H2,1-2H3. The number of aryl methyl sites for hydroxylation is 1. The van der Waals surface area contributed by atoms with Gasteiger partial charge in [0.25, 0.3) is 0 Å². The molecule has 1 aromatic heterocycles. The van der Waals surface area contributed by atoms with Gasteiger partial charge in [0.05, 0.1) is 5.69 Å². The summed E-state index contributed by atoms with van der Waals surface area (Å²) in [6, 6.07) is 4.59.